The number of unbranched alkanes of at least 4 members (excludes halogenated alkanes) is 1. The van der Waals surface area contributed by atoms with Gasteiger partial charge in [0, 0.05) is 20.5 Å². The van der Waals surface area contributed by atoms with Crippen LogP contribution in [0.2, 0.25) is 0 Å². The van der Waals surface area contributed by atoms with Crippen molar-refractivity contribution in [3.8, 4) is 0 Å². The van der Waals surface area contributed by atoms with Gasteiger partial charge in [-0.2, -0.15) is 0 Å². The van der Waals surface area contributed by atoms with E-state index < -0.39 is 0 Å². The van der Waals surface area contributed by atoms with Gasteiger partial charge in [0.05, 0.1) is 0 Å². The Balaban J connectivity index is 3.27. The lowest BCUT2D eigenvalue weighted by Gasteiger charge is -2.12. The van der Waals surface area contributed by atoms with Gasteiger partial charge in [-0.1, -0.05) is 13.3 Å². The van der Waals surface area contributed by atoms with Gasteiger partial charge in [-0.25, -0.2) is 0 Å². The maximum atomic E-state index is 10.5. The Morgan fingerprint density at radius 1 is 1.67 bits per heavy atom. The molecule has 1 radical (unpaired) electrons. The molecule has 0 aliphatic rings. The monoisotopic (exact) mass is 128 g/mol. The van der Waals surface area contributed by atoms with Gasteiger partial charge in [0.1, 0.15) is 0 Å². The molecule has 0 saturated heterocycles. The highest BCUT2D eigenvalue weighted by Gasteiger charge is 1.98. The summed E-state index contributed by atoms with van der Waals surface area (Å²) in [5.74, 6) is -0.0940. The number of hydrogen-bond donors (Lipinski definition) is 0. The van der Waals surface area contributed by atoms with Crippen LogP contribution in [0.4, 0.5) is 0 Å². The standard InChI is InChI=1S/C7H14NO/c1-4-5-6-8(3)7(2)9/h2,4-6H2,1,3H3. The minimum Gasteiger partial charge on any atom is -0.346 e. The summed E-state index contributed by atoms with van der Waals surface area (Å²) in [7, 11) is 1.77. The third-order valence-electron chi connectivity index (χ3n) is 1.27. The first-order valence-electron chi connectivity index (χ1n) is 3.25. The molecule has 0 rings (SSSR count). The Kier molecular flexibility index (Phi) is 4.10. The summed E-state index contributed by atoms with van der Waals surface area (Å²) in [4.78, 5) is 12.1. The first-order valence-corrected chi connectivity index (χ1v) is 3.25. The van der Waals surface area contributed by atoms with Crippen molar-refractivity contribution in [1.82, 2.24) is 4.90 Å². The summed E-state index contributed by atoms with van der Waals surface area (Å²) in [6, 6.07) is 0. The molecule has 2 nitrogen and oxygen atoms in total. The molecule has 0 aromatic carbocycles. The summed E-state index contributed by atoms with van der Waals surface area (Å²) >= 11 is 0. The van der Waals surface area contributed by atoms with E-state index in [2.05, 4.69) is 13.8 Å². The average Bonchev–Trinajstić information content (AvgIpc) is 1.82. The molecule has 0 aromatic rings. The van der Waals surface area contributed by atoms with E-state index in [-0.39, 0.29) is 5.91 Å². The van der Waals surface area contributed by atoms with Crippen LogP contribution in [0.1, 0.15) is 19.8 Å². The van der Waals surface area contributed by atoms with Crippen molar-refractivity contribution in [2.24, 2.45) is 0 Å². The van der Waals surface area contributed by atoms with E-state index >= 15 is 0 Å². The van der Waals surface area contributed by atoms with Crippen molar-refractivity contribution in [2.75, 3.05) is 13.6 Å². The first-order chi connectivity index (χ1) is 4.18. The maximum Gasteiger partial charge on any atom is 0.222 e. The van der Waals surface area contributed by atoms with Crippen LogP contribution in [0.5, 0.6) is 0 Å². The SMILES string of the molecule is [CH2]C(=O)N(C)CCCC. The number of nitrogens with zero attached hydrogens (tertiary/aromatic N) is 1. The van der Waals surface area contributed by atoms with Gasteiger partial charge < -0.3 is 4.90 Å². The van der Waals surface area contributed by atoms with Crippen LogP contribution in [0.15, 0.2) is 0 Å². The van der Waals surface area contributed by atoms with Crippen molar-refractivity contribution in [1.29, 1.82) is 0 Å². The van der Waals surface area contributed by atoms with Crippen molar-refractivity contribution in [2.45, 2.75) is 19.8 Å². The molecule has 0 N–H and O–H groups in total. The lowest BCUT2D eigenvalue weighted by atomic mass is 10.3. The molecule has 0 saturated carbocycles. The zero-order valence-electron chi connectivity index (χ0n) is 6.18. The molecule has 2 heteroatoms. The number of carbonyl (C=O) groups excluding carboxylic acids is 1. The fourth-order valence-corrected chi connectivity index (χ4v) is 0.520. The Morgan fingerprint density at radius 3 is 2.56 bits per heavy atom. The molecule has 1 amide bonds. The van der Waals surface area contributed by atoms with Crippen LogP contribution >= 0.6 is 0 Å². The van der Waals surface area contributed by atoms with Gasteiger partial charge in [0.15, 0.2) is 0 Å². The molecular weight excluding hydrogens is 114 g/mol. The lowest BCUT2D eigenvalue weighted by Crippen LogP contribution is -2.24. The molecule has 0 atom stereocenters. The van der Waals surface area contributed by atoms with Gasteiger partial charge in [0.25, 0.3) is 0 Å². The van der Waals surface area contributed by atoms with Crippen LogP contribution in [0, 0.1) is 6.92 Å². The molecular formula is C7H14NO. The van der Waals surface area contributed by atoms with Crippen LogP contribution in [0.25, 0.3) is 0 Å². The van der Waals surface area contributed by atoms with Gasteiger partial charge in [-0.15, -0.1) is 0 Å². The molecule has 0 unspecified atom stereocenters. The average molecular weight is 128 g/mol. The molecule has 0 heterocycles. The van der Waals surface area contributed by atoms with Crippen LogP contribution in [0.3, 0.4) is 0 Å². The van der Waals surface area contributed by atoms with Gasteiger partial charge >= 0.3 is 0 Å². The van der Waals surface area contributed by atoms with E-state index in [0.717, 1.165) is 19.4 Å². The third kappa shape index (κ3) is 4.01. The number of amides is 1. The molecule has 0 spiro atoms. The van der Waals surface area contributed by atoms with E-state index in [0.29, 0.717) is 0 Å². The van der Waals surface area contributed by atoms with Crippen molar-refractivity contribution < 1.29 is 4.79 Å². The molecule has 0 fully saturated rings. The Morgan fingerprint density at radius 2 is 2.22 bits per heavy atom. The smallest absolute Gasteiger partial charge is 0.222 e. The number of carbonyl (C=O) groups is 1. The minimum absolute atomic E-state index is 0.0940. The highest BCUT2D eigenvalue weighted by atomic mass is 16.2. The summed E-state index contributed by atoms with van der Waals surface area (Å²) in [5, 5.41) is 0. The first kappa shape index (κ1) is 8.47. The van der Waals surface area contributed by atoms with Crippen molar-refractivity contribution in [3.63, 3.8) is 0 Å². The topological polar surface area (TPSA) is 20.3 Å². The summed E-state index contributed by atoms with van der Waals surface area (Å²) < 4.78 is 0. The van der Waals surface area contributed by atoms with Gasteiger partial charge in [0.2, 0.25) is 5.91 Å². The summed E-state index contributed by atoms with van der Waals surface area (Å²) in [6.07, 6.45) is 2.19. The highest BCUT2D eigenvalue weighted by molar-refractivity contribution is 5.79. The summed E-state index contributed by atoms with van der Waals surface area (Å²) in [5.41, 5.74) is 0. The fourth-order valence-electron chi connectivity index (χ4n) is 0.520. The van der Waals surface area contributed by atoms with Crippen LogP contribution in [-0.4, -0.2) is 24.4 Å². The second kappa shape index (κ2) is 4.36. The van der Waals surface area contributed by atoms with E-state index in [4.69, 9.17) is 0 Å². The quantitative estimate of drug-likeness (QED) is 0.557. The normalized spacial score (nSPS) is 9.22. The van der Waals surface area contributed by atoms with Crippen LogP contribution < -0.4 is 0 Å². The Labute approximate surface area is 56.9 Å². The molecule has 0 aliphatic heterocycles. The molecule has 9 heavy (non-hydrogen) atoms. The largest absolute Gasteiger partial charge is 0.346 e. The predicted octanol–water partition coefficient (Wildman–Crippen LogP) is 1.08. The van der Waals surface area contributed by atoms with E-state index in [9.17, 15) is 4.79 Å². The van der Waals surface area contributed by atoms with E-state index in [1.165, 1.54) is 0 Å². The second-order valence-corrected chi connectivity index (χ2v) is 2.17. The highest BCUT2D eigenvalue weighted by Crippen LogP contribution is 1.90. The zero-order valence-corrected chi connectivity index (χ0v) is 6.18. The second-order valence-electron chi connectivity index (χ2n) is 2.17. The van der Waals surface area contributed by atoms with E-state index in [1.54, 1.807) is 11.9 Å². The number of rotatable bonds is 3. The fraction of sp³-hybridized carbons (Fsp3) is 0.714. The molecule has 0 bridgehead atoms. The molecule has 0 aromatic heterocycles. The number of hydrogen-bond acceptors (Lipinski definition) is 1. The van der Waals surface area contributed by atoms with Crippen LogP contribution in [-0.2, 0) is 4.79 Å². The molecule has 53 valence electrons. The summed E-state index contributed by atoms with van der Waals surface area (Å²) in [6.45, 7) is 6.21. The Hall–Kier alpha value is -0.530. The van der Waals surface area contributed by atoms with Crippen molar-refractivity contribution in [3.05, 3.63) is 6.92 Å². The van der Waals surface area contributed by atoms with Gasteiger partial charge in [-0.05, 0) is 6.42 Å². The predicted molar refractivity (Wildman–Crippen MR) is 37.9 cm³/mol. The minimum atomic E-state index is -0.0940. The molecule has 0 aliphatic carbocycles. The maximum absolute atomic E-state index is 10.5. The zero-order chi connectivity index (χ0) is 7.28. The Bertz CT molecular complexity index is 90.9. The third-order valence-corrected chi connectivity index (χ3v) is 1.27. The van der Waals surface area contributed by atoms with E-state index in [1.807, 2.05) is 0 Å². The van der Waals surface area contributed by atoms with Crippen molar-refractivity contribution >= 4 is 5.91 Å². The van der Waals surface area contributed by atoms with Gasteiger partial charge in [-0.3, -0.25) is 4.79 Å². The lowest BCUT2D eigenvalue weighted by molar-refractivity contribution is -0.125.